The fourth-order valence-electron chi connectivity index (χ4n) is 1.70. The highest BCUT2D eigenvalue weighted by atomic mass is 16.5. The second-order valence-corrected chi connectivity index (χ2v) is 3.57. The molecule has 15 heavy (non-hydrogen) atoms. The lowest BCUT2D eigenvalue weighted by Crippen LogP contribution is -2.10. The summed E-state index contributed by atoms with van der Waals surface area (Å²) in [5.74, 6) is 0.392. The van der Waals surface area contributed by atoms with Gasteiger partial charge in [0.2, 0.25) is 0 Å². The number of aromatic amines is 1. The minimum Gasteiger partial charge on any atom is -0.464 e. The first kappa shape index (κ1) is 10.2. The molecule has 0 radical (unpaired) electrons. The zero-order chi connectivity index (χ0) is 10.7. The van der Waals surface area contributed by atoms with Crippen molar-refractivity contribution in [3.05, 3.63) is 17.7 Å². The Morgan fingerprint density at radius 1 is 1.80 bits per heavy atom. The Balaban J connectivity index is 1.97. The second-order valence-electron chi connectivity index (χ2n) is 3.57. The minimum atomic E-state index is -0.388. The molecule has 0 amide bonds. The van der Waals surface area contributed by atoms with Gasteiger partial charge in [-0.25, -0.2) is 9.78 Å². The highest BCUT2D eigenvalue weighted by molar-refractivity contribution is 5.86. The van der Waals surface area contributed by atoms with Gasteiger partial charge < -0.3 is 14.5 Å². The summed E-state index contributed by atoms with van der Waals surface area (Å²) in [6.07, 6.45) is 4.64. The number of carbonyl (C=O) groups is 1. The fourth-order valence-corrected chi connectivity index (χ4v) is 1.70. The zero-order valence-corrected chi connectivity index (χ0v) is 8.66. The molecule has 1 N–H and O–H groups in total. The predicted molar refractivity (Wildman–Crippen MR) is 52.6 cm³/mol. The van der Waals surface area contributed by atoms with E-state index in [2.05, 4.69) is 14.7 Å². The van der Waals surface area contributed by atoms with Crippen LogP contribution in [-0.4, -0.2) is 35.8 Å². The number of rotatable bonds is 3. The number of nitrogens with zero attached hydrogens (tertiary/aromatic N) is 1. The summed E-state index contributed by atoms with van der Waals surface area (Å²) < 4.78 is 10.1. The van der Waals surface area contributed by atoms with E-state index in [0.29, 0.717) is 5.69 Å². The summed E-state index contributed by atoms with van der Waals surface area (Å²) >= 11 is 0. The fraction of sp³-hybridized carbons (Fsp3) is 0.600. The average Bonchev–Trinajstić information content (AvgIpc) is 2.88. The van der Waals surface area contributed by atoms with Crippen LogP contribution in [0.2, 0.25) is 0 Å². The number of nitrogens with one attached hydrogen (secondary N) is 1. The molecule has 0 aliphatic carbocycles. The Hall–Kier alpha value is -1.36. The summed E-state index contributed by atoms with van der Waals surface area (Å²) in [6, 6.07) is 0. The molecule has 1 aromatic rings. The van der Waals surface area contributed by atoms with E-state index in [4.69, 9.17) is 4.74 Å². The lowest BCUT2D eigenvalue weighted by molar-refractivity contribution is 0.0594. The van der Waals surface area contributed by atoms with Gasteiger partial charge in [-0.15, -0.1) is 0 Å². The van der Waals surface area contributed by atoms with Crippen LogP contribution < -0.4 is 0 Å². The number of H-pyrrole nitrogens is 1. The van der Waals surface area contributed by atoms with Crippen molar-refractivity contribution < 1.29 is 14.3 Å². The largest absolute Gasteiger partial charge is 0.464 e. The van der Waals surface area contributed by atoms with Crippen molar-refractivity contribution in [3.63, 3.8) is 0 Å². The Morgan fingerprint density at radius 3 is 3.33 bits per heavy atom. The summed E-state index contributed by atoms with van der Waals surface area (Å²) in [7, 11) is 1.35. The molecule has 1 aliphatic rings. The highest BCUT2D eigenvalue weighted by Crippen LogP contribution is 2.15. The van der Waals surface area contributed by atoms with E-state index in [1.807, 2.05) is 0 Å². The molecule has 2 rings (SSSR count). The lowest BCUT2D eigenvalue weighted by atomic mass is 10.2. The Bertz CT molecular complexity index is 342. The van der Waals surface area contributed by atoms with Crippen LogP contribution in [0, 0.1) is 0 Å². The smallest absolute Gasteiger partial charge is 0.356 e. The summed E-state index contributed by atoms with van der Waals surface area (Å²) in [5, 5.41) is 0. The third kappa shape index (κ3) is 2.36. The van der Waals surface area contributed by atoms with Gasteiger partial charge in [-0.1, -0.05) is 0 Å². The number of methoxy groups -OCH3 is 1. The average molecular weight is 210 g/mol. The molecule has 1 saturated heterocycles. The number of carbonyl (C=O) groups excluding carboxylic acids is 1. The van der Waals surface area contributed by atoms with E-state index in [1.54, 1.807) is 0 Å². The van der Waals surface area contributed by atoms with Gasteiger partial charge in [-0.2, -0.15) is 0 Å². The van der Waals surface area contributed by atoms with Gasteiger partial charge >= 0.3 is 5.97 Å². The van der Waals surface area contributed by atoms with Crippen LogP contribution in [0.3, 0.4) is 0 Å². The molecule has 1 aromatic heterocycles. The van der Waals surface area contributed by atoms with E-state index in [1.165, 1.54) is 13.3 Å². The molecule has 5 heteroatoms. The molecule has 0 spiro atoms. The molecule has 5 nitrogen and oxygen atoms in total. The van der Waals surface area contributed by atoms with Crippen molar-refractivity contribution in [1.82, 2.24) is 9.97 Å². The van der Waals surface area contributed by atoms with Crippen molar-refractivity contribution in [2.45, 2.75) is 25.4 Å². The van der Waals surface area contributed by atoms with Crippen LogP contribution >= 0.6 is 0 Å². The first-order chi connectivity index (χ1) is 7.29. The molecular formula is C10H14N2O3. The SMILES string of the molecule is COC(=O)c1cnc(CC2CCCO2)[nH]1. The maximum Gasteiger partial charge on any atom is 0.356 e. The van der Waals surface area contributed by atoms with Crippen LogP contribution in [0.5, 0.6) is 0 Å². The standard InChI is InChI=1S/C10H14N2O3/c1-14-10(13)8-6-11-9(12-8)5-7-3-2-4-15-7/h6-7H,2-5H2,1H3,(H,11,12). The minimum absolute atomic E-state index is 0.238. The van der Waals surface area contributed by atoms with E-state index in [9.17, 15) is 4.79 Å². The predicted octanol–water partition coefficient (Wildman–Crippen LogP) is 0.918. The first-order valence-electron chi connectivity index (χ1n) is 5.03. The quantitative estimate of drug-likeness (QED) is 0.753. The van der Waals surface area contributed by atoms with Gasteiger partial charge in [0.15, 0.2) is 0 Å². The number of ether oxygens (including phenoxy) is 2. The van der Waals surface area contributed by atoms with Crippen molar-refractivity contribution in [3.8, 4) is 0 Å². The van der Waals surface area contributed by atoms with Crippen LogP contribution in [0.4, 0.5) is 0 Å². The van der Waals surface area contributed by atoms with Gasteiger partial charge in [-0.05, 0) is 12.8 Å². The number of esters is 1. The summed E-state index contributed by atoms with van der Waals surface area (Å²) in [5.41, 5.74) is 0.394. The van der Waals surface area contributed by atoms with E-state index >= 15 is 0 Å². The van der Waals surface area contributed by atoms with Gasteiger partial charge in [0.25, 0.3) is 0 Å². The monoisotopic (exact) mass is 210 g/mol. The summed E-state index contributed by atoms with van der Waals surface area (Å²) in [4.78, 5) is 18.2. The van der Waals surface area contributed by atoms with E-state index in [-0.39, 0.29) is 12.1 Å². The normalized spacial score (nSPS) is 20.5. The van der Waals surface area contributed by atoms with Crippen molar-refractivity contribution >= 4 is 5.97 Å². The van der Waals surface area contributed by atoms with Gasteiger partial charge in [0.1, 0.15) is 11.5 Å². The molecule has 0 aromatic carbocycles. The van der Waals surface area contributed by atoms with Crippen molar-refractivity contribution in [1.29, 1.82) is 0 Å². The van der Waals surface area contributed by atoms with Gasteiger partial charge in [0.05, 0.1) is 19.4 Å². The van der Waals surface area contributed by atoms with Crippen LogP contribution in [-0.2, 0) is 15.9 Å². The number of imidazole rings is 1. The third-order valence-corrected chi connectivity index (χ3v) is 2.48. The topological polar surface area (TPSA) is 64.2 Å². The highest BCUT2D eigenvalue weighted by Gasteiger charge is 2.18. The second kappa shape index (κ2) is 4.44. The molecular weight excluding hydrogens is 196 g/mol. The molecule has 1 fully saturated rings. The molecule has 1 aliphatic heterocycles. The van der Waals surface area contributed by atoms with Crippen molar-refractivity contribution in [2.24, 2.45) is 0 Å². The first-order valence-corrected chi connectivity index (χ1v) is 5.03. The molecule has 1 atom stereocenters. The van der Waals surface area contributed by atoms with E-state index < -0.39 is 0 Å². The zero-order valence-electron chi connectivity index (χ0n) is 8.66. The third-order valence-electron chi connectivity index (χ3n) is 2.48. The number of hydrogen-bond acceptors (Lipinski definition) is 4. The molecule has 82 valence electrons. The number of hydrogen-bond donors (Lipinski definition) is 1. The van der Waals surface area contributed by atoms with E-state index in [0.717, 1.165) is 31.7 Å². The van der Waals surface area contributed by atoms with Crippen LogP contribution in [0.1, 0.15) is 29.2 Å². The Labute approximate surface area is 87.8 Å². The maximum absolute atomic E-state index is 11.1. The van der Waals surface area contributed by atoms with Crippen molar-refractivity contribution in [2.75, 3.05) is 13.7 Å². The van der Waals surface area contributed by atoms with Gasteiger partial charge in [-0.3, -0.25) is 0 Å². The lowest BCUT2D eigenvalue weighted by Gasteiger charge is -2.05. The number of aromatic nitrogens is 2. The maximum atomic E-state index is 11.1. The molecule has 0 bridgehead atoms. The molecule has 0 saturated carbocycles. The molecule has 1 unspecified atom stereocenters. The Kier molecular flexibility index (Phi) is 3.01. The Morgan fingerprint density at radius 2 is 2.67 bits per heavy atom. The summed E-state index contributed by atoms with van der Waals surface area (Å²) in [6.45, 7) is 0.829. The van der Waals surface area contributed by atoms with Gasteiger partial charge in [0, 0.05) is 13.0 Å². The molecule has 2 heterocycles. The van der Waals surface area contributed by atoms with Crippen LogP contribution in [0.15, 0.2) is 6.20 Å². The van der Waals surface area contributed by atoms with Crippen LogP contribution in [0.25, 0.3) is 0 Å².